The van der Waals surface area contributed by atoms with Gasteiger partial charge in [-0.2, -0.15) is 0 Å². The largest absolute Gasteiger partial charge is 0.493 e. The van der Waals surface area contributed by atoms with Crippen molar-refractivity contribution in [3.05, 3.63) is 23.2 Å². The van der Waals surface area contributed by atoms with Crippen molar-refractivity contribution in [3.63, 3.8) is 0 Å². The fourth-order valence-corrected chi connectivity index (χ4v) is 2.58. The van der Waals surface area contributed by atoms with Gasteiger partial charge in [-0.15, -0.1) is 0 Å². The molecule has 1 aliphatic heterocycles. The third-order valence-corrected chi connectivity index (χ3v) is 4.78. The highest BCUT2D eigenvalue weighted by atomic mass is 16.7. The Labute approximate surface area is 149 Å². The standard InChI is InChI=1S/C18H27BO6/c1-17(2)18(3,4)25-19(24-17)13(11-20)8-12-9-14(21-5)16(23-7)15(10-12)22-6/h8-10,20H,11H2,1-7H3. The number of benzene rings is 1. The Morgan fingerprint density at radius 1 is 1.00 bits per heavy atom. The lowest BCUT2D eigenvalue weighted by atomic mass is 9.77. The molecule has 0 aromatic heterocycles. The summed E-state index contributed by atoms with van der Waals surface area (Å²) in [6, 6.07) is 3.62. The minimum absolute atomic E-state index is 0.187. The highest BCUT2D eigenvalue weighted by molar-refractivity contribution is 6.55. The zero-order valence-electron chi connectivity index (χ0n) is 16.0. The van der Waals surface area contributed by atoms with E-state index in [4.69, 9.17) is 23.5 Å². The van der Waals surface area contributed by atoms with E-state index in [1.807, 2.05) is 45.9 Å². The van der Waals surface area contributed by atoms with Gasteiger partial charge < -0.3 is 28.6 Å². The summed E-state index contributed by atoms with van der Waals surface area (Å²) in [5.41, 5.74) is 0.462. The van der Waals surface area contributed by atoms with Crippen LogP contribution in [0.5, 0.6) is 17.2 Å². The van der Waals surface area contributed by atoms with E-state index in [2.05, 4.69) is 0 Å². The molecule has 25 heavy (non-hydrogen) atoms. The van der Waals surface area contributed by atoms with Crippen molar-refractivity contribution in [2.75, 3.05) is 27.9 Å². The van der Waals surface area contributed by atoms with Crippen LogP contribution in [0.15, 0.2) is 17.6 Å². The van der Waals surface area contributed by atoms with Gasteiger partial charge in [-0.25, -0.2) is 0 Å². The van der Waals surface area contributed by atoms with Crippen LogP contribution < -0.4 is 14.2 Å². The molecule has 1 fully saturated rings. The quantitative estimate of drug-likeness (QED) is 0.796. The summed E-state index contributed by atoms with van der Waals surface area (Å²) in [6.07, 6.45) is 1.81. The number of aliphatic hydroxyl groups excluding tert-OH is 1. The van der Waals surface area contributed by atoms with Gasteiger partial charge in [0.1, 0.15) is 0 Å². The summed E-state index contributed by atoms with van der Waals surface area (Å²) in [4.78, 5) is 0. The van der Waals surface area contributed by atoms with Crippen LogP contribution in [-0.4, -0.2) is 51.4 Å². The predicted molar refractivity (Wildman–Crippen MR) is 97.2 cm³/mol. The molecule has 2 rings (SSSR count). The van der Waals surface area contributed by atoms with Gasteiger partial charge in [-0.3, -0.25) is 0 Å². The number of hydrogen-bond acceptors (Lipinski definition) is 6. The normalized spacial score (nSPS) is 19.0. The van der Waals surface area contributed by atoms with Crippen molar-refractivity contribution in [2.24, 2.45) is 0 Å². The Balaban J connectivity index is 2.41. The summed E-state index contributed by atoms with van der Waals surface area (Å²) in [5, 5.41) is 9.83. The Morgan fingerprint density at radius 2 is 1.48 bits per heavy atom. The van der Waals surface area contributed by atoms with Crippen LogP contribution in [0.4, 0.5) is 0 Å². The van der Waals surface area contributed by atoms with Gasteiger partial charge in [-0.05, 0) is 50.9 Å². The lowest BCUT2D eigenvalue weighted by Gasteiger charge is -2.32. The molecule has 0 bridgehead atoms. The summed E-state index contributed by atoms with van der Waals surface area (Å²) >= 11 is 0. The van der Waals surface area contributed by atoms with Crippen molar-refractivity contribution >= 4 is 13.2 Å². The maximum Gasteiger partial charge on any atom is 0.492 e. The Kier molecular flexibility index (Phi) is 5.71. The summed E-state index contributed by atoms with van der Waals surface area (Å²) in [7, 11) is 4.06. The van der Waals surface area contributed by atoms with Crippen molar-refractivity contribution in [1.29, 1.82) is 0 Å². The molecule has 1 aromatic rings. The van der Waals surface area contributed by atoms with Crippen molar-refractivity contribution in [1.82, 2.24) is 0 Å². The van der Waals surface area contributed by atoms with Gasteiger partial charge in [0.25, 0.3) is 0 Å². The van der Waals surface area contributed by atoms with E-state index in [1.165, 1.54) is 0 Å². The molecule has 1 saturated heterocycles. The molecule has 0 saturated carbocycles. The van der Waals surface area contributed by atoms with E-state index in [-0.39, 0.29) is 6.61 Å². The molecule has 0 unspecified atom stereocenters. The molecule has 1 aliphatic rings. The van der Waals surface area contributed by atoms with Crippen LogP contribution in [0.25, 0.3) is 6.08 Å². The lowest BCUT2D eigenvalue weighted by Crippen LogP contribution is -2.41. The van der Waals surface area contributed by atoms with Gasteiger partial charge in [0, 0.05) is 0 Å². The zero-order chi connectivity index (χ0) is 18.8. The van der Waals surface area contributed by atoms with Crippen molar-refractivity contribution < 1.29 is 28.6 Å². The van der Waals surface area contributed by atoms with Crippen LogP contribution in [0, 0.1) is 0 Å². The number of rotatable bonds is 6. The van der Waals surface area contributed by atoms with E-state index >= 15 is 0 Å². The molecule has 0 amide bonds. The molecule has 0 aliphatic carbocycles. The van der Waals surface area contributed by atoms with Gasteiger partial charge >= 0.3 is 7.12 Å². The second-order valence-corrected chi connectivity index (χ2v) is 6.92. The van der Waals surface area contributed by atoms with Gasteiger partial charge in [-0.1, -0.05) is 6.08 Å². The molecule has 1 N–H and O–H groups in total. The van der Waals surface area contributed by atoms with E-state index in [9.17, 15) is 5.11 Å². The molecule has 138 valence electrons. The average Bonchev–Trinajstić information content (AvgIpc) is 2.79. The van der Waals surface area contributed by atoms with Crippen LogP contribution in [0.3, 0.4) is 0 Å². The fourth-order valence-electron chi connectivity index (χ4n) is 2.58. The van der Waals surface area contributed by atoms with Crippen LogP contribution in [-0.2, 0) is 9.31 Å². The first-order valence-electron chi connectivity index (χ1n) is 8.16. The second-order valence-electron chi connectivity index (χ2n) is 6.92. The van der Waals surface area contributed by atoms with Gasteiger partial charge in [0.05, 0.1) is 39.1 Å². The highest BCUT2D eigenvalue weighted by Crippen LogP contribution is 2.41. The molecule has 0 atom stereocenters. The third-order valence-electron chi connectivity index (χ3n) is 4.78. The van der Waals surface area contributed by atoms with Gasteiger partial charge in [0.2, 0.25) is 5.75 Å². The number of methoxy groups -OCH3 is 3. The Hall–Kier alpha value is -1.70. The van der Waals surface area contributed by atoms with Gasteiger partial charge in [0.15, 0.2) is 11.5 Å². The minimum atomic E-state index is -0.617. The summed E-state index contributed by atoms with van der Waals surface area (Å²) in [6.45, 7) is 7.71. The monoisotopic (exact) mass is 350 g/mol. The second kappa shape index (κ2) is 7.27. The molecule has 1 aromatic carbocycles. The summed E-state index contributed by atoms with van der Waals surface area (Å²) in [5.74, 6) is 1.60. The van der Waals surface area contributed by atoms with E-state index in [1.54, 1.807) is 21.3 Å². The maximum atomic E-state index is 9.83. The smallest absolute Gasteiger partial charge is 0.492 e. The maximum absolute atomic E-state index is 9.83. The first kappa shape index (κ1) is 19.6. The SMILES string of the molecule is COc1cc(C=C(CO)B2OC(C)(C)C(C)(C)O2)cc(OC)c1OC. The molecular weight excluding hydrogens is 323 g/mol. The average molecular weight is 350 g/mol. The molecule has 7 heteroatoms. The molecule has 0 radical (unpaired) electrons. The lowest BCUT2D eigenvalue weighted by molar-refractivity contribution is 0.00578. The predicted octanol–water partition coefficient (Wildman–Crippen LogP) is 2.72. The topological polar surface area (TPSA) is 66.4 Å². The van der Waals surface area contributed by atoms with E-state index in [0.29, 0.717) is 22.7 Å². The number of aliphatic hydroxyl groups is 1. The first-order valence-corrected chi connectivity index (χ1v) is 8.16. The Bertz CT molecular complexity index is 612. The van der Waals surface area contributed by atoms with E-state index in [0.717, 1.165) is 5.56 Å². The molecule has 6 nitrogen and oxygen atoms in total. The third kappa shape index (κ3) is 3.78. The highest BCUT2D eigenvalue weighted by Gasteiger charge is 2.52. The number of ether oxygens (including phenoxy) is 3. The molecule has 0 spiro atoms. The minimum Gasteiger partial charge on any atom is -0.493 e. The zero-order valence-corrected chi connectivity index (χ0v) is 16.0. The molecular formula is C18H27BO6. The van der Waals surface area contributed by atoms with E-state index < -0.39 is 18.3 Å². The Morgan fingerprint density at radius 3 is 1.84 bits per heavy atom. The van der Waals surface area contributed by atoms with Crippen LogP contribution >= 0.6 is 0 Å². The fraction of sp³-hybridized carbons (Fsp3) is 0.556. The van der Waals surface area contributed by atoms with Crippen LogP contribution in [0.2, 0.25) is 0 Å². The molecule has 1 heterocycles. The van der Waals surface area contributed by atoms with Crippen molar-refractivity contribution in [2.45, 2.75) is 38.9 Å². The first-order chi connectivity index (χ1) is 11.7. The summed E-state index contributed by atoms with van der Waals surface area (Å²) < 4.78 is 28.1. The van der Waals surface area contributed by atoms with Crippen LogP contribution in [0.1, 0.15) is 33.3 Å². The number of hydrogen-bond donors (Lipinski definition) is 1. The van der Waals surface area contributed by atoms with Crippen molar-refractivity contribution in [3.8, 4) is 17.2 Å².